The van der Waals surface area contributed by atoms with Crippen molar-refractivity contribution in [1.82, 2.24) is 10.2 Å². The van der Waals surface area contributed by atoms with Crippen molar-refractivity contribution in [3.8, 4) is 0 Å². The number of piperazine rings is 1. The molecule has 0 saturated carbocycles. The molecule has 134 valence electrons. The van der Waals surface area contributed by atoms with Crippen LogP contribution in [0.3, 0.4) is 0 Å². The van der Waals surface area contributed by atoms with Crippen molar-refractivity contribution in [1.29, 1.82) is 0 Å². The zero-order valence-corrected chi connectivity index (χ0v) is 15.1. The first-order valence-corrected chi connectivity index (χ1v) is 8.01. The van der Waals surface area contributed by atoms with Crippen molar-refractivity contribution >= 4 is 29.9 Å². The van der Waals surface area contributed by atoms with E-state index in [0.29, 0.717) is 24.3 Å². The van der Waals surface area contributed by atoms with Gasteiger partial charge >= 0.3 is 0 Å². The fraction of sp³-hybridized carbons (Fsp3) is 0.333. The average molecular weight is 364 g/mol. The summed E-state index contributed by atoms with van der Waals surface area (Å²) in [6, 6.07) is 10.7. The summed E-state index contributed by atoms with van der Waals surface area (Å²) in [5.74, 6) is -0.0949. The topological polar surface area (TPSA) is 65.8 Å². The first-order chi connectivity index (χ1) is 11.6. The number of carbonyl (C=O) groups excluding carboxylic acids is 2. The Balaban J connectivity index is 0.00000225. The van der Waals surface area contributed by atoms with Crippen LogP contribution in [0.2, 0.25) is 0 Å². The Morgan fingerprint density at radius 2 is 2.00 bits per heavy atom. The van der Waals surface area contributed by atoms with Gasteiger partial charge < -0.3 is 19.5 Å². The number of hydrogen-bond acceptors (Lipinski definition) is 4. The summed E-state index contributed by atoms with van der Waals surface area (Å²) in [4.78, 5) is 28.7. The van der Waals surface area contributed by atoms with E-state index in [9.17, 15) is 9.59 Å². The monoisotopic (exact) mass is 363 g/mol. The molecule has 1 aromatic carbocycles. The lowest BCUT2D eigenvalue weighted by atomic mass is 10.1. The molecule has 0 bridgehead atoms. The lowest BCUT2D eigenvalue weighted by Gasteiger charge is -2.32. The van der Waals surface area contributed by atoms with Crippen molar-refractivity contribution in [3.05, 3.63) is 54.0 Å². The third-order valence-corrected chi connectivity index (χ3v) is 4.19. The maximum atomic E-state index is 12.9. The van der Waals surface area contributed by atoms with Gasteiger partial charge in [-0.2, -0.15) is 0 Å². The molecule has 1 saturated heterocycles. The van der Waals surface area contributed by atoms with Gasteiger partial charge in [-0.3, -0.25) is 9.59 Å². The number of furan rings is 1. The van der Waals surface area contributed by atoms with E-state index in [4.69, 9.17) is 4.42 Å². The largest absolute Gasteiger partial charge is 0.459 e. The molecule has 1 N–H and O–H groups in total. The lowest BCUT2D eigenvalue weighted by Crippen LogP contribution is -2.51. The predicted octanol–water partition coefficient (Wildman–Crippen LogP) is 2.41. The smallest absolute Gasteiger partial charge is 0.293 e. The van der Waals surface area contributed by atoms with E-state index in [-0.39, 0.29) is 36.0 Å². The molecule has 0 aliphatic carbocycles. The predicted molar refractivity (Wildman–Crippen MR) is 98.5 cm³/mol. The normalized spacial score (nSPS) is 16.9. The van der Waals surface area contributed by atoms with E-state index < -0.39 is 0 Å². The molecule has 0 spiro atoms. The van der Waals surface area contributed by atoms with Crippen molar-refractivity contribution < 1.29 is 14.0 Å². The van der Waals surface area contributed by atoms with Gasteiger partial charge in [0.05, 0.1) is 17.5 Å². The molecule has 25 heavy (non-hydrogen) atoms. The minimum absolute atomic E-state index is 0. The first-order valence-electron chi connectivity index (χ1n) is 8.01. The van der Waals surface area contributed by atoms with Crippen LogP contribution in [0, 0.1) is 0 Å². The standard InChI is InChI=1S/C18H21N3O3.ClH/c1-13-12-21(10-9-19-13)17(22)14-6-3-4-7-15(14)20(2)18(23)16-8-5-11-24-16;/h3-8,11,13,19H,9-10,12H2,1-2H3;1H. The fourth-order valence-electron chi connectivity index (χ4n) is 2.91. The number of anilines is 1. The molecular formula is C18H22ClN3O3. The number of carbonyl (C=O) groups is 2. The molecule has 1 fully saturated rings. The van der Waals surface area contributed by atoms with Crippen LogP contribution in [0.5, 0.6) is 0 Å². The first kappa shape index (κ1) is 19.0. The Labute approximate surface area is 153 Å². The Morgan fingerprint density at radius 1 is 1.24 bits per heavy atom. The highest BCUT2D eigenvalue weighted by atomic mass is 35.5. The SMILES string of the molecule is CC1CN(C(=O)c2ccccc2N(C)C(=O)c2ccco2)CCN1.Cl. The van der Waals surface area contributed by atoms with Gasteiger partial charge in [0.2, 0.25) is 0 Å². The zero-order chi connectivity index (χ0) is 17.1. The third kappa shape index (κ3) is 4.03. The summed E-state index contributed by atoms with van der Waals surface area (Å²) in [5, 5.41) is 3.32. The molecular weight excluding hydrogens is 342 g/mol. The van der Waals surface area contributed by atoms with Crippen molar-refractivity contribution in [2.75, 3.05) is 31.6 Å². The minimum Gasteiger partial charge on any atom is -0.459 e. The van der Waals surface area contributed by atoms with Gasteiger partial charge in [-0.25, -0.2) is 0 Å². The highest BCUT2D eigenvalue weighted by Crippen LogP contribution is 2.23. The van der Waals surface area contributed by atoms with Crippen LogP contribution in [0.1, 0.15) is 27.8 Å². The Morgan fingerprint density at radius 3 is 2.68 bits per heavy atom. The van der Waals surface area contributed by atoms with E-state index >= 15 is 0 Å². The van der Waals surface area contributed by atoms with E-state index in [1.165, 1.54) is 11.2 Å². The number of hydrogen-bond donors (Lipinski definition) is 1. The molecule has 6 nitrogen and oxygen atoms in total. The summed E-state index contributed by atoms with van der Waals surface area (Å²) < 4.78 is 5.17. The molecule has 1 atom stereocenters. The summed E-state index contributed by atoms with van der Waals surface area (Å²) >= 11 is 0. The summed E-state index contributed by atoms with van der Waals surface area (Å²) in [7, 11) is 1.65. The number of rotatable bonds is 3. The molecule has 2 aromatic rings. The van der Waals surface area contributed by atoms with Gasteiger partial charge in [0.1, 0.15) is 0 Å². The highest BCUT2D eigenvalue weighted by molar-refractivity contribution is 6.09. The molecule has 1 aromatic heterocycles. The number of benzene rings is 1. The summed E-state index contributed by atoms with van der Waals surface area (Å²) in [6.45, 7) is 4.14. The number of amides is 2. The van der Waals surface area contributed by atoms with E-state index in [2.05, 4.69) is 12.2 Å². The second-order valence-electron chi connectivity index (χ2n) is 5.96. The van der Waals surface area contributed by atoms with E-state index in [0.717, 1.165) is 6.54 Å². The van der Waals surface area contributed by atoms with Crippen LogP contribution < -0.4 is 10.2 Å². The average Bonchev–Trinajstić information content (AvgIpc) is 3.14. The maximum absolute atomic E-state index is 12.9. The highest BCUT2D eigenvalue weighted by Gasteiger charge is 2.26. The molecule has 1 aliphatic heterocycles. The summed E-state index contributed by atoms with van der Waals surface area (Å²) in [5.41, 5.74) is 1.10. The van der Waals surface area contributed by atoms with Crippen LogP contribution >= 0.6 is 12.4 Å². The van der Waals surface area contributed by atoms with Crippen molar-refractivity contribution in [2.45, 2.75) is 13.0 Å². The van der Waals surface area contributed by atoms with Crippen LogP contribution in [-0.4, -0.2) is 49.4 Å². The number of halogens is 1. The quantitative estimate of drug-likeness (QED) is 0.909. The van der Waals surface area contributed by atoms with Crippen LogP contribution in [0.25, 0.3) is 0 Å². The van der Waals surface area contributed by atoms with Crippen molar-refractivity contribution in [2.24, 2.45) is 0 Å². The van der Waals surface area contributed by atoms with Gasteiger partial charge in [-0.05, 0) is 31.2 Å². The van der Waals surface area contributed by atoms with Gasteiger partial charge in [0.25, 0.3) is 11.8 Å². The minimum atomic E-state index is -0.283. The van der Waals surface area contributed by atoms with Gasteiger partial charge in [0.15, 0.2) is 5.76 Å². The fourth-order valence-corrected chi connectivity index (χ4v) is 2.91. The molecule has 1 unspecified atom stereocenters. The Bertz CT molecular complexity index is 733. The number of nitrogens with one attached hydrogen (secondary N) is 1. The number of para-hydroxylation sites is 1. The van der Waals surface area contributed by atoms with E-state index in [1.54, 1.807) is 31.3 Å². The van der Waals surface area contributed by atoms with Gasteiger partial charge in [-0.15, -0.1) is 12.4 Å². The molecule has 1 aliphatic rings. The zero-order valence-electron chi connectivity index (χ0n) is 14.3. The molecule has 2 heterocycles. The Hall–Kier alpha value is -2.31. The van der Waals surface area contributed by atoms with Crippen LogP contribution in [-0.2, 0) is 0 Å². The molecule has 0 radical (unpaired) electrons. The molecule has 3 rings (SSSR count). The Kier molecular flexibility index (Phi) is 6.22. The lowest BCUT2D eigenvalue weighted by molar-refractivity contribution is 0.0710. The van der Waals surface area contributed by atoms with Crippen LogP contribution in [0.15, 0.2) is 47.1 Å². The van der Waals surface area contributed by atoms with E-state index in [1.807, 2.05) is 17.0 Å². The van der Waals surface area contributed by atoms with Crippen LogP contribution in [0.4, 0.5) is 5.69 Å². The second-order valence-corrected chi connectivity index (χ2v) is 5.96. The third-order valence-electron chi connectivity index (χ3n) is 4.19. The summed E-state index contributed by atoms with van der Waals surface area (Å²) in [6.07, 6.45) is 1.46. The second kappa shape index (κ2) is 8.18. The van der Waals surface area contributed by atoms with Crippen molar-refractivity contribution in [3.63, 3.8) is 0 Å². The maximum Gasteiger partial charge on any atom is 0.293 e. The van der Waals surface area contributed by atoms with Gasteiger partial charge in [0, 0.05) is 32.7 Å². The molecule has 7 heteroatoms. The van der Waals surface area contributed by atoms with Gasteiger partial charge in [-0.1, -0.05) is 12.1 Å². The number of nitrogens with zero attached hydrogens (tertiary/aromatic N) is 2. The molecule has 2 amide bonds.